The fourth-order valence-corrected chi connectivity index (χ4v) is 3.57. The lowest BCUT2D eigenvalue weighted by Crippen LogP contribution is -2.28. The van der Waals surface area contributed by atoms with Gasteiger partial charge < -0.3 is 15.2 Å². The minimum Gasteiger partial charge on any atom is -0.492 e. The monoisotopic (exact) mass is 337 g/mol. The SMILES string of the molecule is O=C1CCC(c2ccc(-c3cccc4c3OCC(C(=O)O)C4)cc2)N1. The molecular weight excluding hydrogens is 318 g/mol. The van der Waals surface area contributed by atoms with Crippen molar-refractivity contribution < 1.29 is 19.4 Å². The number of ether oxygens (including phenoxy) is 1. The summed E-state index contributed by atoms with van der Waals surface area (Å²) in [5.74, 6) is -0.426. The van der Waals surface area contributed by atoms with E-state index in [9.17, 15) is 14.7 Å². The highest BCUT2D eigenvalue weighted by atomic mass is 16.5. The molecule has 25 heavy (non-hydrogen) atoms. The standard InChI is InChI=1S/C20H19NO4/c22-18-9-8-17(21-18)13-6-4-12(5-7-13)16-3-1-2-14-10-15(20(23)24)11-25-19(14)16/h1-7,15,17H,8-11H2,(H,21,22)(H,23,24). The van der Waals surface area contributed by atoms with E-state index in [1.165, 1.54) is 0 Å². The topological polar surface area (TPSA) is 75.6 Å². The lowest BCUT2D eigenvalue weighted by Gasteiger charge is -2.25. The summed E-state index contributed by atoms with van der Waals surface area (Å²) < 4.78 is 5.79. The largest absolute Gasteiger partial charge is 0.492 e. The van der Waals surface area contributed by atoms with Crippen LogP contribution in [0.4, 0.5) is 0 Å². The molecule has 1 fully saturated rings. The molecule has 0 saturated carbocycles. The molecule has 2 unspecified atom stereocenters. The van der Waals surface area contributed by atoms with Crippen LogP contribution in [0.3, 0.4) is 0 Å². The van der Waals surface area contributed by atoms with Gasteiger partial charge in [-0.2, -0.15) is 0 Å². The Morgan fingerprint density at radius 1 is 1.16 bits per heavy atom. The second-order valence-electron chi connectivity index (χ2n) is 6.62. The molecule has 1 saturated heterocycles. The first-order valence-corrected chi connectivity index (χ1v) is 8.49. The lowest BCUT2D eigenvalue weighted by molar-refractivity contribution is -0.143. The molecule has 2 aliphatic rings. The van der Waals surface area contributed by atoms with Crippen LogP contribution in [0.1, 0.15) is 30.0 Å². The molecule has 2 N–H and O–H groups in total. The van der Waals surface area contributed by atoms with E-state index in [2.05, 4.69) is 5.32 Å². The highest BCUT2D eigenvalue weighted by molar-refractivity contribution is 5.79. The molecule has 2 heterocycles. The molecule has 2 aromatic carbocycles. The van der Waals surface area contributed by atoms with Crippen LogP contribution in [-0.2, 0) is 16.0 Å². The number of para-hydroxylation sites is 1. The summed E-state index contributed by atoms with van der Waals surface area (Å²) in [7, 11) is 0. The average Bonchev–Trinajstić information content (AvgIpc) is 3.07. The molecule has 128 valence electrons. The average molecular weight is 337 g/mol. The van der Waals surface area contributed by atoms with Gasteiger partial charge in [-0.1, -0.05) is 42.5 Å². The number of amides is 1. The van der Waals surface area contributed by atoms with E-state index >= 15 is 0 Å². The quantitative estimate of drug-likeness (QED) is 0.903. The van der Waals surface area contributed by atoms with E-state index < -0.39 is 11.9 Å². The Kier molecular flexibility index (Phi) is 3.92. The Morgan fingerprint density at radius 2 is 1.96 bits per heavy atom. The molecule has 0 aromatic heterocycles. The number of carboxylic acids is 1. The summed E-state index contributed by atoms with van der Waals surface area (Å²) in [5.41, 5.74) is 4.04. The summed E-state index contributed by atoms with van der Waals surface area (Å²) >= 11 is 0. The molecule has 2 aromatic rings. The van der Waals surface area contributed by atoms with Gasteiger partial charge in [0, 0.05) is 12.0 Å². The van der Waals surface area contributed by atoms with Crippen LogP contribution < -0.4 is 10.1 Å². The molecule has 5 heteroatoms. The molecule has 1 amide bonds. The summed E-state index contributed by atoms with van der Waals surface area (Å²) in [6.45, 7) is 0.200. The minimum absolute atomic E-state index is 0.0961. The van der Waals surface area contributed by atoms with Crippen molar-refractivity contribution >= 4 is 11.9 Å². The van der Waals surface area contributed by atoms with Crippen molar-refractivity contribution in [3.05, 3.63) is 53.6 Å². The predicted molar refractivity (Wildman–Crippen MR) is 92.3 cm³/mol. The van der Waals surface area contributed by atoms with Crippen molar-refractivity contribution in [2.75, 3.05) is 6.61 Å². The second kappa shape index (κ2) is 6.24. The molecule has 2 aliphatic heterocycles. The maximum atomic E-state index is 11.4. The second-order valence-corrected chi connectivity index (χ2v) is 6.62. The van der Waals surface area contributed by atoms with Crippen LogP contribution in [0.25, 0.3) is 11.1 Å². The van der Waals surface area contributed by atoms with Gasteiger partial charge in [-0.3, -0.25) is 9.59 Å². The summed E-state index contributed by atoms with van der Waals surface area (Å²) in [6, 6.07) is 14.1. The van der Waals surface area contributed by atoms with Crippen molar-refractivity contribution in [3.8, 4) is 16.9 Å². The third-order valence-corrected chi connectivity index (χ3v) is 4.96. The zero-order valence-electron chi connectivity index (χ0n) is 13.7. The van der Waals surface area contributed by atoms with Crippen molar-refractivity contribution in [1.29, 1.82) is 0 Å². The number of carboxylic acid groups (broad SMARTS) is 1. The Balaban J connectivity index is 1.61. The third-order valence-electron chi connectivity index (χ3n) is 4.96. The maximum Gasteiger partial charge on any atom is 0.310 e. The predicted octanol–water partition coefficient (Wildman–Crippen LogP) is 2.94. The van der Waals surface area contributed by atoms with E-state index in [0.717, 1.165) is 34.4 Å². The van der Waals surface area contributed by atoms with Gasteiger partial charge in [-0.15, -0.1) is 0 Å². The van der Waals surface area contributed by atoms with E-state index in [-0.39, 0.29) is 18.6 Å². The first-order chi connectivity index (χ1) is 12.1. The zero-order valence-corrected chi connectivity index (χ0v) is 13.7. The Bertz CT molecular complexity index is 828. The molecular formula is C20H19NO4. The number of aliphatic carboxylic acids is 1. The third kappa shape index (κ3) is 2.97. The summed E-state index contributed by atoms with van der Waals surface area (Å²) in [5, 5.41) is 12.2. The first-order valence-electron chi connectivity index (χ1n) is 8.49. The Hall–Kier alpha value is -2.82. The number of nitrogens with one attached hydrogen (secondary N) is 1. The lowest BCUT2D eigenvalue weighted by atomic mass is 9.92. The fourth-order valence-electron chi connectivity index (χ4n) is 3.57. The van der Waals surface area contributed by atoms with Crippen LogP contribution in [-0.4, -0.2) is 23.6 Å². The number of carbonyl (C=O) groups is 2. The number of rotatable bonds is 3. The smallest absolute Gasteiger partial charge is 0.310 e. The molecule has 5 nitrogen and oxygen atoms in total. The van der Waals surface area contributed by atoms with Crippen molar-refractivity contribution in [2.45, 2.75) is 25.3 Å². The fraction of sp³-hybridized carbons (Fsp3) is 0.300. The van der Waals surface area contributed by atoms with Gasteiger partial charge in [0.2, 0.25) is 5.91 Å². The highest BCUT2D eigenvalue weighted by Crippen LogP contribution is 2.38. The van der Waals surface area contributed by atoms with Gasteiger partial charge in [0.15, 0.2) is 0 Å². The van der Waals surface area contributed by atoms with Gasteiger partial charge >= 0.3 is 5.97 Å². The number of carbonyl (C=O) groups excluding carboxylic acids is 1. The number of benzene rings is 2. The number of hydrogen-bond donors (Lipinski definition) is 2. The Morgan fingerprint density at radius 3 is 2.64 bits per heavy atom. The number of hydrogen-bond acceptors (Lipinski definition) is 3. The van der Waals surface area contributed by atoms with Gasteiger partial charge in [-0.25, -0.2) is 0 Å². The maximum absolute atomic E-state index is 11.4. The summed E-state index contributed by atoms with van der Waals surface area (Å²) in [4.78, 5) is 22.6. The van der Waals surface area contributed by atoms with Crippen LogP contribution >= 0.6 is 0 Å². The van der Waals surface area contributed by atoms with Crippen LogP contribution in [0.5, 0.6) is 5.75 Å². The molecule has 0 spiro atoms. The van der Waals surface area contributed by atoms with Gasteiger partial charge in [-0.05, 0) is 29.5 Å². The van der Waals surface area contributed by atoms with Gasteiger partial charge in [0.1, 0.15) is 12.4 Å². The van der Waals surface area contributed by atoms with E-state index in [1.807, 2.05) is 42.5 Å². The minimum atomic E-state index is -0.820. The number of fused-ring (bicyclic) bond motifs is 1. The van der Waals surface area contributed by atoms with E-state index in [0.29, 0.717) is 12.8 Å². The normalized spacial score (nSPS) is 22.0. The van der Waals surface area contributed by atoms with Crippen molar-refractivity contribution in [2.24, 2.45) is 5.92 Å². The first kappa shape index (κ1) is 15.7. The van der Waals surface area contributed by atoms with Crippen LogP contribution in [0.2, 0.25) is 0 Å². The van der Waals surface area contributed by atoms with E-state index in [4.69, 9.17) is 4.74 Å². The zero-order chi connectivity index (χ0) is 17.4. The van der Waals surface area contributed by atoms with Crippen LogP contribution in [0.15, 0.2) is 42.5 Å². The Labute approximate surface area is 145 Å². The molecule has 0 radical (unpaired) electrons. The molecule has 0 aliphatic carbocycles. The molecule has 2 atom stereocenters. The van der Waals surface area contributed by atoms with Crippen molar-refractivity contribution in [3.63, 3.8) is 0 Å². The van der Waals surface area contributed by atoms with Crippen molar-refractivity contribution in [1.82, 2.24) is 5.32 Å². The van der Waals surface area contributed by atoms with Gasteiger partial charge in [0.25, 0.3) is 0 Å². The van der Waals surface area contributed by atoms with Crippen LogP contribution in [0, 0.1) is 5.92 Å². The van der Waals surface area contributed by atoms with Gasteiger partial charge in [0.05, 0.1) is 12.0 Å². The summed E-state index contributed by atoms with van der Waals surface area (Å²) in [6.07, 6.45) is 1.90. The molecule has 4 rings (SSSR count). The molecule has 0 bridgehead atoms. The van der Waals surface area contributed by atoms with E-state index in [1.54, 1.807) is 0 Å². The highest BCUT2D eigenvalue weighted by Gasteiger charge is 2.27.